The Balaban J connectivity index is 1.57. The molecule has 1 aromatic carbocycles. The molecule has 0 unspecified atom stereocenters. The number of nitrogens with one attached hydrogen (secondary N) is 1. The van der Waals surface area contributed by atoms with Crippen molar-refractivity contribution in [1.29, 1.82) is 0 Å². The van der Waals surface area contributed by atoms with Crippen LogP contribution in [0.5, 0.6) is 0 Å². The Labute approximate surface area is 178 Å². The number of benzene rings is 1. The standard InChI is InChI=1S/C20H22N6O5/c1-3-9-30-20(29)26-11-17(21-12-26)23-18(28)7-8-25(13-27)16-6-4-5-15(10-16)19-22-14(2)31-24-19/h4-6,10-13H,3,7-9H2,1-2H3,(H,23,28). The predicted octanol–water partition coefficient (Wildman–Crippen LogP) is 2.63. The maximum atomic E-state index is 12.3. The lowest BCUT2D eigenvalue weighted by atomic mass is 10.1. The molecule has 0 bridgehead atoms. The zero-order valence-electron chi connectivity index (χ0n) is 17.1. The molecule has 3 aromatic rings. The van der Waals surface area contributed by atoms with Gasteiger partial charge < -0.3 is 19.5 Å². The molecule has 2 heterocycles. The molecule has 0 fully saturated rings. The molecule has 2 aromatic heterocycles. The van der Waals surface area contributed by atoms with E-state index in [1.165, 1.54) is 17.4 Å². The van der Waals surface area contributed by atoms with Crippen molar-refractivity contribution in [2.24, 2.45) is 0 Å². The van der Waals surface area contributed by atoms with E-state index >= 15 is 0 Å². The van der Waals surface area contributed by atoms with Crippen LogP contribution in [-0.4, -0.2) is 51.3 Å². The minimum Gasteiger partial charge on any atom is -0.449 e. The number of ether oxygens (including phenoxy) is 1. The molecule has 11 nitrogen and oxygen atoms in total. The molecule has 3 rings (SSSR count). The van der Waals surface area contributed by atoms with Crippen LogP contribution in [0.4, 0.5) is 16.3 Å². The number of anilines is 2. The van der Waals surface area contributed by atoms with Crippen LogP contribution in [0.2, 0.25) is 0 Å². The van der Waals surface area contributed by atoms with Crippen molar-refractivity contribution in [2.75, 3.05) is 23.4 Å². The number of imidazole rings is 1. The average molecular weight is 426 g/mol. The van der Waals surface area contributed by atoms with E-state index in [-0.39, 0.29) is 24.7 Å². The van der Waals surface area contributed by atoms with Crippen LogP contribution >= 0.6 is 0 Å². The van der Waals surface area contributed by atoms with E-state index in [9.17, 15) is 14.4 Å². The third kappa shape index (κ3) is 5.75. The number of hydrogen-bond donors (Lipinski definition) is 1. The molecule has 0 aliphatic carbocycles. The van der Waals surface area contributed by atoms with Gasteiger partial charge in [0.05, 0.1) is 12.8 Å². The molecule has 0 saturated carbocycles. The van der Waals surface area contributed by atoms with Gasteiger partial charge in [0, 0.05) is 31.1 Å². The van der Waals surface area contributed by atoms with Gasteiger partial charge >= 0.3 is 6.09 Å². The van der Waals surface area contributed by atoms with Crippen LogP contribution in [0.1, 0.15) is 25.7 Å². The highest BCUT2D eigenvalue weighted by molar-refractivity contribution is 5.91. The Kier molecular flexibility index (Phi) is 7.09. The number of aryl methyl sites for hydroxylation is 1. The molecule has 162 valence electrons. The Hall–Kier alpha value is -4.02. The summed E-state index contributed by atoms with van der Waals surface area (Å²) in [6.07, 6.45) is 3.43. The lowest BCUT2D eigenvalue weighted by molar-refractivity contribution is -0.116. The van der Waals surface area contributed by atoms with Crippen molar-refractivity contribution >= 4 is 29.9 Å². The lowest BCUT2D eigenvalue weighted by Crippen LogP contribution is -2.26. The highest BCUT2D eigenvalue weighted by atomic mass is 16.5. The number of carbonyl (C=O) groups excluding carboxylic acids is 3. The highest BCUT2D eigenvalue weighted by Crippen LogP contribution is 2.22. The van der Waals surface area contributed by atoms with Crippen LogP contribution in [0.25, 0.3) is 11.4 Å². The van der Waals surface area contributed by atoms with Crippen molar-refractivity contribution < 1.29 is 23.6 Å². The smallest absolute Gasteiger partial charge is 0.419 e. The third-order valence-electron chi connectivity index (χ3n) is 4.16. The number of rotatable bonds is 9. The van der Waals surface area contributed by atoms with Gasteiger partial charge in [-0.1, -0.05) is 24.2 Å². The molecule has 1 N–H and O–H groups in total. The summed E-state index contributed by atoms with van der Waals surface area (Å²) in [5, 5.41) is 6.46. The monoisotopic (exact) mass is 426 g/mol. The fraction of sp³-hybridized carbons (Fsp3) is 0.300. The van der Waals surface area contributed by atoms with Gasteiger partial charge in [0.1, 0.15) is 6.33 Å². The average Bonchev–Trinajstić information content (AvgIpc) is 3.42. The molecule has 0 radical (unpaired) electrons. The predicted molar refractivity (Wildman–Crippen MR) is 110 cm³/mol. The van der Waals surface area contributed by atoms with Gasteiger partial charge in [-0.2, -0.15) is 4.98 Å². The largest absolute Gasteiger partial charge is 0.449 e. The van der Waals surface area contributed by atoms with Gasteiger partial charge in [-0.15, -0.1) is 0 Å². The van der Waals surface area contributed by atoms with Gasteiger partial charge in [0.2, 0.25) is 24.0 Å². The zero-order valence-corrected chi connectivity index (χ0v) is 17.1. The van der Waals surface area contributed by atoms with E-state index in [0.29, 0.717) is 42.4 Å². The summed E-state index contributed by atoms with van der Waals surface area (Å²) in [5.41, 5.74) is 1.27. The van der Waals surface area contributed by atoms with Crippen molar-refractivity contribution in [3.8, 4) is 11.4 Å². The maximum Gasteiger partial charge on any atom is 0.419 e. The van der Waals surface area contributed by atoms with Crippen LogP contribution in [0, 0.1) is 6.92 Å². The number of aromatic nitrogens is 4. The van der Waals surface area contributed by atoms with Gasteiger partial charge in [-0.05, 0) is 18.6 Å². The summed E-state index contributed by atoms with van der Waals surface area (Å²) >= 11 is 0. The van der Waals surface area contributed by atoms with Gasteiger partial charge in [0.15, 0.2) is 5.82 Å². The summed E-state index contributed by atoms with van der Waals surface area (Å²) in [4.78, 5) is 45.1. The van der Waals surface area contributed by atoms with Gasteiger partial charge in [0.25, 0.3) is 0 Å². The molecule has 0 aliphatic heterocycles. The van der Waals surface area contributed by atoms with Crippen molar-refractivity contribution in [3.63, 3.8) is 0 Å². The van der Waals surface area contributed by atoms with E-state index < -0.39 is 6.09 Å². The normalized spacial score (nSPS) is 10.5. The number of nitrogens with zero attached hydrogens (tertiary/aromatic N) is 5. The first kappa shape index (κ1) is 21.7. The summed E-state index contributed by atoms with van der Waals surface area (Å²) in [5.74, 6) is 0.705. The number of hydrogen-bond acceptors (Lipinski definition) is 8. The Morgan fingerprint density at radius 2 is 2.19 bits per heavy atom. The summed E-state index contributed by atoms with van der Waals surface area (Å²) in [7, 11) is 0. The second-order valence-corrected chi connectivity index (χ2v) is 6.56. The van der Waals surface area contributed by atoms with E-state index in [1.54, 1.807) is 31.2 Å². The summed E-state index contributed by atoms with van der Waals surface area (Å²) < 4.78 is 11.1. The number of amides is 2. The summed E-state index contributed by atoms with van der Waals surface area (Å²) in [6.45, 7) is 4.02. The van der Waals surface area contributed by atoms with Crippen molar-refractivity contribution in [2.45, 2.75) is 26.7 Å². The van der Waals surface area contributed by atoms with E-state index in [1.807, 2.05) is 6.92 Å². The molecular weight excluding hydrogens is 404 g/mol. The molecule has 2 amide bonds. The second kappa shape index (κ2) is 10.1. The van der Waals surface area contributed by atoms with E-state index in [0.717, 1.165) is 4.57 Å². The van der Waals surface area contributed by atoms with Gasteiger partial charge in [-0.25, -0.2) is 14.3 Å². The molecule has 0 spiro atoms. The fourth-order valence-corrected chi connectivity index (χ4v) is 2.66. The molecule has 0 saturated heterocycles. The highest BCUT2D eigenvalue weighted by Gasteiger charge is 2.13. The molecular formula is C20H22N6O5. The SMILES string of the molecule is CCCOC(=O)n1cnc(NC(=O)CCN(C=O)c2cccc(-c3noc(C)n3)c2)c1. The Bertz CT molecular complexity index is 1060. The Morgan fingerprint density at radius 3 is 2.90 bits per heavy atom. The summed E-state index contributed by atoms with van der Waals surface area (Å²) in [6, 6.07) is 7.04. The van der Waals surface area contributed by atoms with Crippen molar-refractivity contribution in [3.05, 3.63) is 42.7 Å². The molecule has 11 heteroatoms. The molecule has 0 atom stereocenters. The Morgan fingerprint density at radius 1 is 1.35 bits per heavy atom. The zero-order chi connectivity index (χ0) is 22.2. The van der Waals surface area contributed by atoms with Crippen LogP contribution in [-0.2, 0) is 14.3 Å². The first-order valence-electron chi connectivity index (χ1n) is 9.63. The lowest BCUT2D eigenvalue weighted by Gasteiger charge is -2.17. The van der Waals surface area contributed by atoms with Crippen LogP contribution in [0.3, 0.4) is 0 Å². The van der Waals surface area contributed by atoms with E-state index in [4.69, 9.17) is 9.26 Å². The quantitative estimate of drug-likeness (QED) is 0.516. The molecule has 0 aliphatic rings. The van der Waals surface area contributed by atoms with Crippen LogP contribution in [0.15, 0.2) is 41.3 Å². The first-order valence-corrected chi connectivity index (χ1v) is 9.63. The fourth-order valence-electron chi connectivity index (χ4n) is 2.66. The molecule has 31 heavy (non-hydrogen) atoms. The van der Waals surface area contributed by atoms with Crippen LogP contribution < -0.4 is 10.2 Å². The minimum atomic E-state index is -0.571. The van der Waals surface area contributed by atoms with E-state index in [2.05, 4.69) is 20.4 Å². The topological polar surface area (TPSA) is 132 Å². The third-order valence-corrected chi connectivity index (χ3v) is 4.16. The second-order valence-electron chi connectivity index (χ2n) is 6.56. The maximum absolute atomic E-state index is 12.3. The minimum absolute atomic E-state index is 0.0252. The first-order chi connectivity index (χ1) is 15.0. The number of carbonyl (C=O) groups is 3. The van der Waals surface area contributed by atoms with Crippen molar-refractivity contribution in [1.82, 2.24) is 19.7 Å². The van der Waals surface area contributed by atoms with Gasteiger partial charge in [-0.3, -0.25) is 9.59 Å².